The number of aliphatic hydroxyl groups is 2. The molecule has 0 aliphatic rings. The first-order valence-corrected chi connectivity index (χ1v) is 6.59. The predicted octanol–water partition coefficient (Wildman–Crippen LogP) is 1.56. The summed E-state index contributed by atoms with van der Waals surface area (Å²) in [6, 6.07) is 3.64. The van der Waals surface area contributed by atoms with Gasteiger partial charge in [-0.15, -0.1) is 0 Å². The lowest BCUT2D eigenvalue weighted by atomic mass is 10.0. The van der Waals surface area contributed by atoms with E-state index in [0.717, 1.165) is 10.9 Å². The van der Waals surface area contributed by atoms with Crippen LogP contribution in [-0.4, -0.2) is 52.1 Å². The van der Waals surface area contributed by atoms with Gasteiger partial charge in [-0.3, -0.25) is 5.10 Å². The summed E-state index contributed by atoms with van der Waals surface area (Å²) in [5.74, 6) is 0. The summed E-state index contributed by atoms with van der Waals surface area (Å²) in [6.45, 7) is 1.41. The van der Waals surface area contributed by atoms with Gasteiger partial charge in [0.25, 0.3) is 0 Å². The maximum absolute atomic E-state index is 10.2. The Kier molecular flexibility index (Phi) is 4.76. The number of benzene rings is 1. The highest BCUT2D eigenvalue weighted by Crippen LogP contribution is 2.29. The Labute approximate surface area is 116 Å². The van der Waals surface area contributed by atoms with Gasteiger partial charge in [0.1, 0.15) is 0 Å². The van der Waals surface area contributed by atoms with Crippen LogP contribution in [0.1, 0.15) is 18.1 Å². The number of hydrogen-bond acceptors (Lipinski definition) is 4. The number of nitrogens with zero attached hydrogens (tertiary/aromatic N) is 2. The van der Waals surface area contributed by atoms with E-state index >= 15 is 0 Å². The van der Waals surface area contributed by atoms with Crippen LogP contribution in [0, 0.1) is 0 Å². The fourth-order valence-corrected chi connectivity index (χ4v) is 2.31. The average Bonchev–Trinajstić information content (AvgIpc) is 2.82. The fourth-order valence-electron chi connectivity index (χ4n) is 2.02. The largest absolute Gasteiger partial charge is 0.395 e. The zero-order valence-electron chi connectivity index (χ0n) is 10.8. The van der Waals surface area contributed by atoms with Crippen molar-refractivity contribution in [1.82, 2.24) is 15.1 Å². The molecule has 0 radical (unpaired) electrons. The molecule has 0 spiro atoms. The minimum atomic E-state index is -0.618. The van der Waals surface area contributed by atoms with Crippen LogP contribution in [0.15, 0.2) is 18.3 Å². The summed E-state index contributed by atoms with van der Waals surface area (Å²) in [5.41, 5.74) is 1.58. The Bertz CT molecular complexity index is 544. The van der Waals surface area contributed by atoms with Gasteiger partial charge in [-0.1, -0.05) is 11.6 Å². The summed E-state index contributed by atoms with van der Waals surface area (Å²) in [4.78, 5) is 1.97. The molecule has 19 heavy (non-hydrogen) atoms. The summed E-state index contributed by atoms with van der Waals surface area (Å²) in [5, 5.41) is 27.3. The van der Waals surface area contributed by atoms with Crippen molar-refractivity contribution in [2.45, 2.75) is 12.5 Å². The molecule has 0 fully saturated rings. The van der Waals surface area contributed by atoms with Crippen LogP contribution in [0.4, 0.5) is 0 Å². The van der Waals surface area contributed by atoms with Crippen molar-refractivity contribution in [3.63, 3.8) is 0 Å². The number of rotatable bonds is 6. The van der Waals surface area contributed by atoms with E-state index < -0.39 is 6.10 Å². The monoisotopic (exact) mass is 283 g/mol. The van der Waals surface area contributed by atoms with E-state index in [1.165, 1.54) is 0 Å². The normalized spacial score (nSPS) is 13.3. The average molecular weight is 284 g/mol. The van der Waals surface area contributed by atoms with Crippen LogP contribution in [0.3, 0.4) is 0 Å². The summed E-state index contributed by atoms with van der Waals surface area (Å²) < 4.78 is 0. The molecule has 6 heteroatoms. The van der Waals surface area contributed by atoms with Crippen molar-refractivity contribution in [3.05, 3.63) is 28.9 Å². The SMILES string of the molecule is CN(CCO)CCC(O)c1cc2cn[nH]c2cc1Cl. The lowest BCUT2D eigenvalue weighted by Crippen LogP contribution is -2.24. The molecule has 0 amide bonds. The van der Waals surface area contributed by atoms with Gasteiger partial charge in [-0.25, -0.2) is 0 Å². The van der Waals surface area contributed by atoms with E-state index in [1.54, 1.807) is 12.3 Å². The molecule has 0 saturated heterocycles. The fraction of sp³-hybridized carbons (Fsp3) is 0.462. The molecule has 5 nitrogen and oxygen atoms in total. The number of halogens is 1. The zero-order chi connectivity index (χ0) is 13.8. The minimum absolute atomic E-state index is 0.119. The van der Waals surface area contributed by atoms with Crippen molar-refractivity contribution in [3.8, 4) is 0 Å². The van der Waals surface area contributed by atoms with Gasteiger partial charge < -0.3 is 15.1 Å². The molecule has 1 aromatic heterocycles. The van der Waals surface area contributed by atoms with Crippen LogP contribution in [0.2, 0.25) is 5.02 Å². The Balaban J connectivity index is 2.07. The number of hydrogen-bond donors (Lipinski definition) is 3. The summed E-state index contributed by atoms with van der Waals surface area (Å²) in [6.07, 6.45) is 1.66. The third-order valence-electron chi connectivity index (χ3n) is 3.18. The smallest absolute Gasteiger partial charge is 0.0816 e. The number of likely N-dealkylation sites (N-methyl/N-ethyl adjacent to an activating group) is 1. The van der Waals surface area contributed by atoms with E-state index in [9.17, 15) is 5.11 Å². The van der Waals surface area contributed by atoms with Gasteiger partial charge in [0, 0.05) is 23.5 Å². The van der Waals surface area contributed by atoms with Crippen LogP contribution < -0.4 is 0 Å². The summed E-state index contributed by atoms with van der Waals surface area (Å²) >= 11 is 6.17. The van der Waals surface area contributed by atoms with Crippen LogP contribution >= 0.6 is 11.6 Å². The quantitative estimate of drug-likeness (QED) is 0.752. The van der Waals surface area contributed by atoms with Crippen molar-refractivity contribution in [2.24, 2.45) is 0 Å². The topological polar surface area (TPSA) is 72.4 Å². The first kappa shape index (κ1) is 14.3. The molecule has 1 heterocycles. The van der Waals surface area contributed by atoms with Gasteiger partial charge in [0.05, 0.1) is 24.4 Å². The van der Waals surface area contributed by atoms with Crippen molar-refractivity contribution in [2.75, 3.05) is 26.7 Å². The molecule has 2 rings (SSSR count). The van der Waals surface area contributed by atoms with Gasteiger partial charge in [0.2, 0.25) is 0 Å². The zero-order valence-corrected chi connectivity index (χ0v) is 11.6. The first-order valence-electron chi connectivity index (χ1n) is 6.22. The van der Waals surface area contributed by atoms with Gasteiger partial charge in [0.15, 0.2) is 0 Å². The summed E-state index contributed by atoms with van der Waals surface area (Å²) in [7, 11) is 1.91. The van der Waals surface area contributed by atoms with E-state index in [4.69, 9.17) is 16.7 Å². The number of nitrogens with one attached hydrogen (secondary N) is 1. The highest BCUT2D eigenvalue weighted by Gasteiger charge is 2.14. The number of fused-ring (bicyclic) bond motifs is 1. The Morgan fingerprint density at radius 3 is 2.95 bits per heavy atom. The molecule has 0 aliphatic carbocycles. The molecule has 0 saturated carbocycles. The van der Waals surface area contributed by atoms with Crippen LogP contribution in [0.25, 0.3) is 10.9 Å². The highest BCUT2D eigenvalue weighted by molar-refractivity contribution is 6.32. The molecule has 2 aromatic rings. The van der Waals surface area contributed by atoms with Crippen molar-refractivity contribution < 1.29 is 10.2 Å². The van der Waals surface area contributed by atoms with Gasteiger partial charge in [-0.05, 0) is 31.2 Å². The van der Waals surface area contributed by atoms with Crippen LogP contribution in [-0.2, 0) is 0 Å². The Hall–Kier alpha value is -1.14. The molecule has 1 aromatic carbocycles. The third-order valence-corrected chi connectivity index (χ3v) is 3.51. The van der Waals surface area contributed by atoms with E-state index in [-0.39, 0.29) is 6.61 Å². The number of H-pyrrole nitrogens is 1. The van der Waals surface area contributed by atoms with Crippen molar-refractivity contribution >= 4 is 22.5 Å². The van der Waals surface area contributed by atoms with Gasteiger partial charge in [-0.2, -0.15) is 5.10 Å². The number of aromatic nitrogens is 2. The second-order valence-electron chi connectivity index (χ2n) is 4.66. The Morgan fingerprint density at radius 2 is 2.21 bits per heavy atom. The van der Waals surface area contributed by atoms with E-state index in [1.807, 2.05) is 18.0 Å². The predicted molar refractivity (Wildman–Crippen MR) is 75.3 cm³/mol. The number of aliphatic hydroxyl groups excluding tert-OH is 2. The minimum Gasteiger partial charge on any atom is -0.395 e. The highest BCUT2D eigenvalue weighted by atomic mass is 35.5. The number of aromatic amines is 1. The van der Waals surface area contributed by atoms with Gasteiger partial charge >= 0.3 is 0 Å². The third kappa shape index (κ3) is 3.45. The molecule has 0 aliphatic heterocycles. The Morgan fingerprint density at radius 1 is 1.42 bits per heavy atom. The lowest BCUT2D eigenvalue weighted by Gasteiger charge is -2.18. The lowest BCUT2D eigenvalue weighted by molar-refractivity contribution is 0.141. The molecular formula is C13H18ClN3O2. The molecule has 1 atom stereocenters. The molecule has 1 unspecified atom stereocenters. The van der Waals surface area contributed by atoms with Crippen molar-refractivity contribution in [1.29, 1.82) is 0 Å². The molecule has 3 N–H and O–H groups in total. The molecular weight excluding hydrogens is 266 g/mol. The second kappa shape index (κ2) is 6.34. The maximum Gasteiger partial charge on any atom is 0.0816 e. The van der Waals surface area contributed by atoms with E-state index in [2.05, 4.69) is 10.2 Å². The molecule has 104 valence electrons. The standard InChI is InChI=1S/C13H18ClN3O2/c1-17(4-5-18)3-2-13(19)10-6-9-8-15-16-12(9)7-11(10)14/h6-8,13,18-19H,2-5H2,1H3,(H,15,16). The maximum atomic E-state index is 10.2. The second-order valence-corrected chi connectivity index (χ2v) is 5.07. The molecule has 0 bridgehead atoms. The van der Waals surface area contributed by atoms with Crippen LogP contribution in [0.5, 0.6) is 0 Å². The first-order chi connectivity index (χ1) is 9.11. The van der Waals surface area contributed by atoms with E-state index in [0.29, 0.717) is 30.1 Å².